The van der Waals surface area contributed by atoms with Crippen LogP contribution in [0.25, 0.3) is 0 Å². The molecular formula is C20H19NO4. The number of carbonyl (C=O) groups excluding carboxylic acids is 3. The summed E-state index contributed by atoms with van der Waals surface area (Å²) >= 11 is 0. The first-order chi connectivity index (χ1) is 12.0. The van der Waals surface area contributed by atoms with Crippen molar-refractivity contribution in [3.05, 3.63) is 59.2 Å². The van der Waals surface area contributed by atoms with Crippen LogP contribution in [0.4, 0.5) is 5.69 Å². The van der Waals surface area contributed by atoms with Crippen molar-refractivity contribution in [2.24, 2.45) is 0 Å². The number of ketones is 2. The van der Waals surface area contributed by atoms with Gasteiger partial charge in [0.05, 0.1) is 0 Å². The summed E-state index contributed by atoms with van der Waals surface area (Å²) in [7, 11) is 0. The largest absolute Gasteiger partial charge is 0.485 e. The fraction of sp³-hybridized carbons (Fsp3) is 0.250. The Morgan fingerprint density at radius 3 is 2.48 bits per heavy atom. The third-order valence-electron chi connectivity index (χ3n) is 4.18. The number of hydrogen-bond acceptors (Lipinski definition) is 4. The topological polar surface area (TPSA) is 72.5 Å². The molecule has 0 radical (unpaired) electrons. The van der Waals surface area contributed by atoms with E-state index >= 15 is 0 Å². The van der Waals surface area contributed by atoms with Crippen LogP contribution in [-0.4, -0.2) is 24.1 Å². The molecule has 0 saturated heterocycles. The van der Waals surface area contributed by atoms with E-state index in [9.17, 15) is 14.4 Å². The van der Waals surface area contributed by atoms with Gasteiger partial charge in [0.15, 0.2) is 18.2 Å². The first kappa shape index (κ1) is 16.9. The van der Waals surface area contributed by atoms with Crippen molar-refractivity contribution < 1.29 is 19.1 Å². The van der Waals surface area contributed by atoms with Crippen LogP contribution in [-0.2, 0) is 11.2 Å². The van der Waals surface area contributed by atoms with E-state index in [0.717, 1.165) is 24.1 Å². The molecule has 5 heteroatoms. The summed E-state index contributed by atoms with van der Waals surface area (Å²) in [5.74, 6) is 0.407. The van der Waals surface area contributed by atoms with Crippen molar-refractivity contribution in [2.45, 2.75) is 26.2 Å². The Balaban J connectivity index is 1.66. The fourth-order valence-corrected chi connectivity index (χ4v) is 2.77. The van der Waals surface area contributed by atoms with Crippen LogP contribution in [0, 0.1) is 0 Å². The molecule has 1 heterocycles. The molecule has 1 amide bonds. The molecule has 0 spiro atoms. The van der Waals surface area contributed by atoms with Crippen molar-refractivity contribution in [3.63, 3.8) is 0 Å². The lowest BCUT2D eigenvalue weighted by molar-refractivity contribution is -0.116. The summed E-state index contributed by atoms with van der Waals surface area (Å²) in [4.78, 5) is 35.2. The smallest absolute Gasteiger partial charge is 0.224 e. The number of benzene rings is 2. The lowest BCUT2D eigenvalue weighted by atomic mass is 10.0. The van der Waals surface area contributed by atoms with Gasteiger partial charge in [-0.05, 0) is 67.8 Å². The highest BCUT2D eigenvalue weighted by Gasteiger charge is 2.15. The number of anilines is 1. The van der Waals surface area contributed by atoms with Crippen molar-refractivity contribution in [1.82, 2.24) is 0 Å². The van der Waals surface area contributed by atoms with Crippen molar-refractivity contribution in [3.8, 4) is 5.75 Å². The highest BCUT2D eigenvalue weighted by atomic mass is 16.5. The molecule has 5 nitrogen and oxygen atoms in total. The molecule has 0 saturated carbocycles. The van der Waals surface area contributed by atoms with Crippen LogP contribution in [0.1, 0.15) is 46.0 Å². The zero-order chi connectivity index (χ0) is 17.8. The lowest BCUT2D eigenvalue weighted by Crippen LogP contribution is -2.13. The van der Waals surface area contributed by atoms with Gasteiger partial charge in [-0.15, -0.1) is 0 Å². The number of rotatable bonds is 5. The summed E-state index contributed by atoms with van der Waals surface area (Å²) in [6, 6.07) is 12.0. The van der Waals surface area contributed by atoms with E-state index < -0.39 is 0 Å². The third-order valence-corrected chi connectivity index (χ3v) is 4.18. The number of carbonyl (C=O) groups is 3. The summed E-state index contributed by atoms with van der Waals surface area (Å²) in [6.45, 7) is 1.42. The molecular weight excluding hydrogens is 318 g/mol. The Kier molecular flexibility index (Phi) is 4.93. The summed E-state index contributed by atoms with van der Waals surface area (Å²) < 4.78 is 5.51. The minimum Gasteiger partial charge on any atom is -0.485 e. The van der Waals surface area contributed by atoms with Crippen molar-refractivity contribution in [1.29, 1.82) is 0 Å². The van der Waals surface area contributed by atoms with Gasteiger partial charge in [0.25, 0.3) is 0 Å². The van der Waals surface area contributed by atoms with Gasteiger partial charge < -0.3 is 10.1 Å². The number of Topliss-reactive ketones (excluding diaryl/α,β-unsaturated/α-hetero) is 2. The SMILES string of the molecule is CC(=O)c1ccc(OCC(=O)c2ccc3c(c2)CCCC(=O)N3)cc1. The Hall–Kier alpha value is -2.95. The van der Waals surface area contributed by atoms with Gasteiger partial charge in [-0.1, -0.05) is 0 Å². The van der Waals surface area contributed by atoms with E-state index in [4.69, 9.17) is 4.74 Å². The molecule has 0 aliphatic carbocycles. The molecule has 0 atom stereocenters. The van der Waals surface area contributed by atoms with Crippen molar-refractivity contribution in [2.75, 3.05) is 11.9 Å². The van der Waals surface area contributed by atoms with Crippen LogP contribution in [0.15, 0.2) is 42.5 Å². The van der Waals surface area contributed by atoms with Gasteiger partial charge in [0.2, 0.25) is 5.91 Å². The first-order valence-electron chi connectivity index (χ1n) is 8.23. The van der Waals surface area contributed by atoms with Gasteiger partial charge in [-0.2, -0.15) is 0 Å². The maximum Gasteiger partial charge on any atom is 0.224 e. The van der Waals surface area contributed by atoms with Gasteiger partial charge in [0.1, 0.15) is 5.75 Å². The zero-order valence-electron chi connectivity index (χ0n) is 14.0. The van der Waals surface area contributed by atoms with Gasteiger partial charge in [0, 0.05) is 23.2 Å². The quantitative estimate of drug-likeness (QED) is 0.849. The number of nitrogens with one attached hydrogen (secondary N) is 1. The molecule has 1 aliphatic heterocycles. The molecule has 0 fully saturated rings. The Morgan fingerprint density at radius 1 is 1.04 bits per heavy atom. The Bertz CT molecular complexity index is 824. The van der Waals surface area contributed by atoms with Crippen molar-refractivity contribution >= 4 is 23.2 Å². The first-order valence-corrected chi connectivity index (χ1v) is 8.23. The van der Waals surface area contributed by atoms with E-state index in [2.05, 4.69) is 5.32 Å². The van der Waals surface area contributed by atoms with E-state index in [0.29, 0.717) is 23.3 Å². The monoisotopic (exact) mass is 337 g/mol. The van der Waals surface area contributed by atoms with Crippen LogP contribution >= 0.6 is 0 Å². The molecule has 0 bridgehead atoms. The average Bonchev–Trinajstić information content (AvgIpc) is 2.79. The summed E-state index contributed by atoms with van der Waals surface area (Å²) in [5, 5.41) is 2.85. The predicted octanol–water partition coefficient (Wildman–Crippen LogP) is 3.43. The summed E-state index contributed by atoms with van der Waals surface area (Å²) in [6.07, 6.45) is 2.04. The minimum atomic E-state index is -0.131. The molecule has 128 valence electrons. The van der Waals surface area contributed by atoms with Crippen LogP contribution < -0.4 is 10.1 Å². The predicted molar refractivity (Wildman–Crippen MR) is 94.3 cm³/mol. The van der Waals surface area contributed by atoms with E-state index in [-0.39, 0.29) is 24.1 Å². The second-order valence-corrected chi connectivity index (χ2v) is 6.07. The molecule has 0 aromatic heterocycles. The molecule has 1 aliphatic rings. The minimum absolute atomic E-state index is 0.00941. The number of fused-ring (bicyclic) bond motifs is 1. The van der Waals surface area contributed by atoms with Gasteiger partial charge >= 0.3 is 0 Å². The standard InChI is InChI=1S/C20H19NO4/c1-13(22)14-5-8-17(9-6-14)25-12-19(23)16-7-10-18-15(11-16)3-2-4-20(24)21-18/h5-11H,2-4,12H2,1H3,(H,21,24). The summed E-state index contributed by atoms with van der Waals surface area (Å²) in [5.41, 5.74) is 2.92. The number of aryl methyl sites for hydroxylation is 1. The molecule has 0 unspecified atom stereocenters. The number of hydrogen-bond donors (Lipinski definition) is 1. The highest BCUT2D eigenvalue weighted by molar-refractivity contribution is 5.99. The maximum atomic E-state index is 12.4. The number of ether oxygens (including phenoxy) is 1. The van der Waals surface area contributed by atoms with E-state index in [1.165, 1.54) is 6.92 Å². The Labute approximate surface area is 146 Å². The third kappa shape index (κ3) is 4.12. The molecule has 2 aromatic carbocycles. The van der Waals surface area contributed by atoms with E-state index in [1.807, 2.05) is 6.07 Å². The highest BCUT2D eigenvalue weighted by Crippen LogP contribution is 2.23. The lowest BCUT2D eigenvalue weighted by Gasteiger charge is -2.10. The fourth-order valence-electron chi connectivity index (χ4n) is 2.77. The average molecular weight is 337 g/mol. The van der Waals surface area contributed by atoms with E-state index in [1.54, 1.807) is 36.4 Å². The molecule has 25 heavy (non-hydrogen) atoms. The van der Waals surface area contributed by atoms with Crippen LogP contribution in [0.5, 0.6) is 5.75 Å². The second-order valence-electron chi connectivity index (χ2n) is 6.07. The maximum absolute atomic E-state index is 12.4. The van der Waals surface area contributed by atoms with Crippen LogP contribution in [0.3, 0.4) is 0 Å². The molecule has 3 rings (SSSR count). The Morgan fingerprint density at radius 2 is 1.76 bits per heavy atom. The zero-order valence-corrected chi connectivity index (χ0v) is 14.0. The van der Waals surface area contributed by atoms with Crippen LogP contribution in [0.2, 0.25) is 0 Å². The van der Waals surface area contributed by atoms with Gasteiger partial charge in [-0.25, -0.2) is 0 Å². The molecule has 2 aromatic rings. The molecule has 1 N–H and O–H groups in total. The number of amides is 1. The van der Waals surface area contributed by atoms with Gasteiger partial charge in [-0.3, -0.25) is 14.4 Å². The normalized spacial score (nSPS) is 13.4. The second kappa shape index (κ2) is 7.30.